The zero-order valence-corrected chi connectivity index (χ0v) is 15.9. The summed E-state index contributed by atoms with van der Waals surface area (Å²) < 4.78 is 0. The molecule has 1 aliphatic rings. The lowest BCUT2D eigenvalue weighted by Crippen LogP contribution is -2.58. The van der Waals surface area contributed by atoms with Crippen LogP contribution in [0.4, 0.5) is 0 Å². The minimum atomic E-state index is -0.00839. The molecule has 0 unspecified atom stereocenters. The second-order valence-corrected chi connectivity index (χ2v) is 7.58. The standard InChI is InChI=1S/C19H30ClN3O/c1-4-22-10-12-23(13-11-22)19(2,3)15-21-18(24)9-8-16-6-5-7-17(20)14-16/h5-7,14H,4,8-13,15H2,1-3H3,(H,21,24). The normalized spacial score (nSPS) is 17.0. The van der Waals surface area contributed by atoms with Gasteiger partial charge >= 0.3 is 0 Å². The van der Waals surface area contributed by atoms with Crippen LogP contribution in [-0.2, 0) is 11.2 Å². The van der Waals surface area contributed by atoms with Crippen molar-refractivity contribution in [2.45, 2.75) is 39.2 Å². The molecule has 0 bridgehead atoms. The number of benzene rings is 1. The molecule has 0 radical (unpaired) electrons. The van der Waals surface area contributed by atoms with Crippen LogP contribution in [0, 0.1) is 0 Å². The predicted octanol–water partition coefficient (Wildman–Crippen LogP) is 2.80. The third-order valence-corrected chi connectivity index (χ3v) is 5.16. The lowest BCUT2D eigenvalue weighted by Gasteiger charge is -2.44. The Kier molecular flexibility index (Phi) is 7.08. The number of carbonyl (C=O) groups excluding carboxylic acids is 1. The van der Waals surface area contributed by atoms with Gasteiger partial charge in [0.15, 0.2) is 0 Å². The lowest BCUT2D eigenvalue weighted by molar-refractivity contribution is -0.121. The Morgan fingerprint density at radius 2 is 1.96 bits per heavy atom. The van der Waals surface area contributed by atoms with E-state index in [0.29, 0.717) is 13.0 Å². The fourth-order valence-corrected chi connectivity index (χ4v) is 3.35. The van der Waals surface area contributed by atoms with Crippen LogP contribution in [0.25, 0.3) is 0 Å². The Bertz CT molecular complexity index is 539. The molecule has 1 N–H and O–H groups in total. The van der Waals surface area contributed by atoms with E-state index in [9.17, 15) is 4.79 Å². The summed E-state index contributed by atoms with van der Waals surface area (Å²) in [6.07, 6.45) is 1.22. The molecule has 2 rings (SSSR count). The van der Waals surface area contributed by atoms with E-state index in [0.717, 1.165) is 49.7 Å². The van der Waals surface area contributed by atoms with Gasteiger partial charge in [0.1, 0.15) is 0 Å². The molecular weight excluding hydrogens is 322 g/mol. The first-order chi connectivity index (χ1) is 11.4. The summed E-state index contributed by atoms with van der Waals surface area (Å²) in [4.78, 5) is 17.1. The van der Waals surface area contributed by atoms with Gasteiger partial charge in [-0.1, -0.05) is 30.7 Å². The third kappa shape index (κ3) is 5.76. The predicted molar refractivity (Wildman–Crippen MR) is 101 cm³/mol. The number of rotatable bonds is 7. The van der Waals surface area contributed by atoms with Crippen LogP contribution in [-0.4, -0.2) is 60.5 Å². The monoisotopic (exact) mass is 351 g/mol. The van der Waals surface area contributed by atoms with Crippen molar-refractivity contribution in [2.75, 3.05) is 39.3 Å². The van der Waals surface area contributed by atoms with Crippen LogP contribution < -0.4 is 5.32 Å². The molecule has 0 aromatic heterocycles. The van der Waals surface area contributed by atoms with Crippen LogP contribution in [0.15, 0.2) is 24.3 Å². The molecular formula is C19H30ClN3O. The molecule has 5 heteroatoms. The molecule has 0 atom stereocenters. The maximum absolute atomic E-state index is 12.2. The lowest BCUT2D eigenvalue weighted by atomic mass is 10.0. The average molecular weight is 352 g/mol. The summed E-state index contributed by atoms with van der Waals surface area (Å²) in [6, 6.07) is 7.71. The van der Waals surface area contributed by atoms with Gasteiger partial charge in [-0.15, -0.1) is 0 Å². The number of hydrogen-bond donors (Lipinski definition) is 1. The highest BCUT2D eigenvalue weighted by Crippen LogP contribution is 2.16. The van der Waals surface area contributed by atoms with E-state index in [4.69, 9.17) is 11.6 Å². The van der Waals surface area contributed by atoms with E-state index in [1.807, 2.05) is 24.3 Å². The van der Waals surface area contributed by atoms with E-state index in [1.54, 1.807) is 0 Å². The summed E-state index contributed by atoms with van der Waals surface area (Å²) in [7, 11) is 0. The third-order valence-electron chi connectivity index (χ3n) is 4.92. The number of piperazine rings is 1. The zero-order chi connectivity index (χ0) is 17.6. The maximum atomic E-state index is 12.2. The number of carbonyl (C=O) groups is 1. The maximum Gasteiger partial charge on any atom is 0.220 e. The number of hydrogen-bond acceptors (Lipinski definition) is 3. The number of nitrogens with one attached hydrogen (secondary N) is 1. The Labute approximate surface area is 151 Å². The summed E-state index contributed by atoms with van der Waals surface area (Å²) in [6.45, 7) is 12.8. The Morgan fingerprint density at radius 1 is 1.25 bits per heavy atom. The van der Waals surface area contributed by atoms with Gasteiger partial charge < -0.3 is 10.2 Å². The second kappa shape index (κ2) is 8.84. The fourth-order valence-electron chi connectivity index (χ4n) is 3.13. The summed E-state index contributed by atoms with van der Waals surface area (Å²) >= 11 is 5.98. The van der Waals surface area contributed by atoms with Crippen molar-refractivity contribution in [3.63, 3.8) is 0 Å². The largest absolute Gasteiger partial charge is 0.354 e. The highest BCUT2D eigenvalue weighted by Gasteiger charge is 2.29. The highest BCUT2D eigenvalue weighted by molar-refractivity contribution is 6.30. The van der Waals surface area contributed by atoms with Gasteiger partial charge in [-0.05, 0) is 44.5 Å². The van der Waals surface area contributed by atoms with Crippen molar-refractivity contribution in [1.29, 1.82) is 0 Å². The minimum Gasteiger partial charge on any atom is -0.354 e. The Balaban J connectivity index is 1.74. The number of aryl methyl sites for hydroxylation is 1. The molecule has 1 aliphatic heterocycles. The van der Waals surface area contributed by atoms with Crippen molar-refractivity contribution in [3.8, 4) is 0 Å². The van der Waals surface area contributed by atoms with E-state index in [2.05, 4.69) is 35.9 Å². The van der Waals surface area contributed by atoms with Crippen molar-refractivity contribution < 1.29 is 4.79 Å². The van der Waals surface area contributed by atoms with Gasteiger partial charge in [0.05, 0.1) is 0 Å². The van der Waals surface area contributed by atoms with E-state index in [-0.39, 0.29) is 11.4 Å². The van der Waals surface area contributed by atoms with E-state index < -0.39 is 0 Å². The first kappa shape index (κ1) is 19.2. The zero-order valence-electron chi connectivity index (χ0n) is 15.1. The first-order valence-corrected chi connectivity index (χ1v) is 9.27. The van der Waals surface area contributed by atoms with Crippen molar-refractivity contribution in [3.05, 3.63) is 34.9 Å². The van der Waals surface area contributed by atoms with Crippen LogP contribution in [0.1, 0.15) is 32.8 Å². The van der Waals surface area contributed by atoms with Gasteiger partial charge in [0, 0.05) is 49.7 Å². The number of likely N-dealkylation sites (N-methyl/N-ethyl adjacent to an activating group) is 1. The summed E-state index contributed by atoms with van der Waals surface area (Å²) in [5, 5.41) is 3.83. The molecule has 4 nitrogen and oxygen atoms in total. The molecule has 1 heterocycles. The molecule has 1 amide bonds. The summed E-state index contributed by atoms with van der Waals surface area (Å²) in [5.74, 6) is 0.107. The van der Waals surface area contributed by atoms with E-state index >= 15 is 0 Å². The molecule has 1 fully saturated rings. The minimum absolute atomic E-state index is 0.00839. The van der Waals surface area contributed by atoms with Crippen LogP contribution >= 0.6 is 11.6 Å². The van der Waals surface area contributed by atoms with Crippen LogP contribution in [0.3, 0.4) is 0 Å². The van der Waals surface area contributed by atoms with Crippen LogP contribution in [0.2, 0.25) is 5.02 Å². The molecule has 134 valence electrons. The van der Waals surface area contributed by atoms with E-state index in [1.165, 1.54) is 0 Å². The Hall–Kier alpha value is -1.10. The van der Waals surface area contributed by atoms with Crippen molar-refractivity contribution >= 4 is 17.5 Å². The van der Waals surface area contributed by atoms with Crippen molar-refractivity contribution in [1.82, 2.24) is 15.1 Å². The topological polar surface area (TPSA) is 35.6 Å². The smallest absolute Gasteiger partial charge is 0.220 e. The Morgan fingerprint density at radius 3 is 2.58 bits per heavy atom. The molecule has 24 heavy (non-hydrogen) atoms. The quantitative estimate of drug-likeness (QED) is 0.820. The molecule has 0 aliphatic carbocycles. The second-order valence-electron chi connectivity index (χ2n) is 7.14. The number of nitrogens with zero attached hydrogens (tertiary/aromatic N) is 2. The molecule has 1 saturated heterocycles. The molecule has 1 aromatic carbocycles. The SMILES string of the molecule is CCN1CCN(C(C)(C)CNC(=O)CCc2cccc(Cl)c2)CC1. The fraction of sp³-hybridized carbons (Fsp3) is 0.632. The average Bonchev–Trinajstić information content (AvgIpc) is 2.58. The van der Waals surface area contributed by atoms with Gasteiger partial charge in [-0.25, -0.2) is 0 Å². The van der Waals surface area contributed by atoms with Crippen molar-refractivity contribution in [2.24, 2.45) is 0 Å². The number of amides is 1. The molecule has 0 spiro atoms. The van der Waals surface area contributed by atoms with Crippen LogP contribution in [0.5, 0.6) is 0 Å². The molecule has 1 aromatic rings. The van der Waals surface area contributed by atoms with Gasteiger partial charge in [-0.3, -0.25) is 9.69 Å². The molecule has 0 saturated carbocycles. The highest BCUT2D eigenvalue weighted by atomic mass is 35.5. The summed E-state index contributed by atoms with van der Waals surface area (Å²) in [5.41, 5.74) is 1.10. The number of halogens is 1. The van der Waals surface area contributed by atoms with Gasteiger partial charge in [0.2, 0.25) is 5.91 Å². The van der Waals surface area contributed by atoms with Gasteiger partial charge in [0.25, 0.3) is 0 Å². The van der Waals surface area contributed by atoms with Gasteiger partial charge in [-0.2, -0.15) is 0 Å². The first-order valence-electron chi connectivity index (χ1n) is 8.89.